The molecule has 0 spiro atoms. The lowest BCUT2D eigenvalue weighted by Gasteiger charge is -2.22. The monoisotopic (exact) mass is 291 g/mol. The first kappa shape index (κ1) is 17.0. The van der Waals surface area contributed by atoms with Gasteiger partial charge in [-0.15, -0.1) is 0 Å². The highest BCUT2D eigenvalue weighted by molar-refractivity contribution is 5.92. The molecule has 21 heavy (non-hydrogen) atoms. The summed E-state index contributed by atoms with van der Waals surface area (Å²) in [4.78, 5) is 27.1. The van der Waals surface area contributed by atoms with Gasteiger partial charge < -0.3 is 15.1 Å². The highest BCUT2D eigenvalue weighted by Crippen LogP contribution is 2.19. The Balaban J connectivity index is 2.69. The minimum Gasteiger partial charge on any atom is -0.378 e. The number of anilines is 2. The molecule has 0 saturated carbocycles. The second-order valence-corrected chi connectivity index (χ2v) is 5.18. The number of hydrogen-bond donors (Lipinski definition) is 1. The lowest BCUT2D eigenvalue weighted by Crippen LogP contribution is -2.34. The number of nitrogens with one attached hydrogen (secondary N) is 1. The maximum Gasteiger partial charge on any atom is 0.223 e. The van der Waals surface area contributed by atoms with Gasteiger partial charge in [-0.05, 0) is 30.7 Å². The normalized spacial score (nSPS) is 10.1. The quantitative estimate of drug-likeness (QED) is 0.836. The second kappa shape index (κ2) is 8.29. The molecule has 0 aromatic heterocycles. The molecule has 116 valence electrons. The minimum atomic E-state index is -0.0594. The van der Waals surface area contributed by atoms with Gasteiger partial charge in [0.1, 0.15) is 0 Å². The van der Waals surface area contributed by atoms with Crippen molar-refractivity contribution in [3.05, 3.63) is 24.3 Å². The average molecular weight is 291 g/mol. The van der Waals surface area contributed by atoms with Gasteiger partial charge >= 0.3 is 0 Å². The molecule has 0 radical (unpaired) electrons. The fourth-order valence-electron chi connectivity index (χ4n) is 1.97. The molecule has 5 heteroatoms. The van der Waals surface area contributed by atoms with Crippen LogP contribution in [0.4, 0.5) is 11.4 Å². The van der Waals surface area contributed by atoms with E-state index in [0.29, 0.717) is 19.5 Å². The van der Waals surface area contributed by atoms with E-state index in [1.807, 2.05) is 50.2 Å². The lowest BCUT2D eigenvalue weighted by atomic mass is 10.2. The van der Waals surface area contributed by atoms with Crippen LogP contribution in [0, 0.1) is 0 Å². The Morgan fingerprint density at radius 3 is 2.14 bits per heavy atom. The standard InChI is InChI=1S/C16H25N3O2/c1-5-11-17-16(21)10-12-19(13(2)20)15-8-6-14(7-9-15)18(3)4/h6-9H,5,10-12H2,1-4H3,(H,17,21). The zero-order chi connectivity index (χ0) is 15.8. The molecular weight excluding hydrogens is 266 g/mol. The molecule has 0 heterocycles. The van der Waals surface area contributed by atoms with Crippen molar-refractivity contribution in [2.45, 2.75) is 26.7 Å². The van der Waals surface area contributed by atoms with Crippen LogP contribution >= 0.6 is 0 Å². The van der Waals surface area contributed by atoms with Crippen LogP contribution in [0.1, 0.15) is 26.7 Å². The second-order valence-electron chi connectivity index (χ2n) is 5.18. The molecule has 1 N–H and O–H groups in total. The number of hydrogen-bond acceptors (Lipinski definition) is 3. The van der Waals surface area contributed by atoms with E-state index >= 15 is 0 Å². The molecule has 5 nitrogen and oxygen atoms in total. The van der Waals surface area contributed by atoms with Crippen molar-refractivity contribution in [3.8, 4) is 0 Å². The van der Waals surface area contributed by atoms with E-state index in [-0.39, 0.29) is 11.8 Å². The van der Waals surface area contributed by atoms with Gasteiger partial charge in [-0.25, -0.2) is 0 Å². The molecule has 0 unspecified atom stereocenters. The Hall–Kier alpha value is -2.04. The minimum absolute atomic E-state index is 0.0204. The first-order valence-electron chi connectivity index (χ1n) is 7.28. The van der Waals surface area contributed by atoms with Crippen LogP contribution in [0.5, 0.6) is 0 Å². The Bertz CT molecular complexity index is 469. The molecule has 1 aromatic carbocycles. The van der Waals surface area contributed by atoms with Gasteiger partial charge in [0.2, 0.25) is 11.8 Å². The van der Waals surface area contributed by atoms with Gasteiger partial charge in [-0.3, -0.25) is 9.59 Å². The van der Waals surface area contributed by atoms with E-state index in [4.69, 9.17) is 0 Å². The highest BCUT2D eigenvalue weighted by Gasteiger charge is 2.13. The number of carbonyl (C=O) groups is 2. The van der Waals surface area contributed by atoms with Gasteiger partial charge in [0, 0.05) is 51.9 Å². The molecule has 1 aromatic rings. The molecule has 0 atom stereocenters. The predicted octanol–water partition coefficient (Wildman–Crippen LogP) is 2.02. The third-order valence-corrected chi connectivity index (χ3v) is 3.19. The highest BCUT2D eigenvalue weighted by atomic mass is 16.2. The first-order chi connectivity index (χ1) is 9.95. The number of rotatable bonds is 7. The van der Waals surface area contributed by atoms with E-state index in [1.165, 1.54) is 6.92 Å². The summed E-state index contributed by atoms with van der Waals surface area (Å²) in [6.07, 6.45) is 1.23. The Morgan fingerprint density at radius 2 is 1.67 bits per heavy atom. The first-order valence-corrected chi connectivity index (χ1v) is 7.28. The van der Waals surface area contributed by atoms with E-state index < -0.39 is 0 Å². The van der Waals surface area contributed by atoms with Gasteiger partial charge in [-0.1, -0.05) is 6.92 Å². The molecule has 0 aliphatic rings. The summed E-state index contributed by atoms with van der Waals surface area (Å²) in [5, 5.41) is 2.82. The molecule has 0 saturated heterocycles. The molecule has 0 aliphatic carbocycles. The van der Waals surface area contributed by atoms with Gasteiger partial charge in [0.25, 0.3) is 0 Å². The molecule has 0 bridgehead atoms. The molecular formula is C16H25N3O2. The SMILES string of the molecule is CCCNC(=O)CCN(C(C)=O)c1ccc(N(C)C)cc1. The largest absolute Gasteiger partial charge is 0.378 e. The third kappa shape index (κ3) is 5.45. The van der Waals surface area contributed by atoms with Crippen molar-refractivity contribution >= 4 is 23.2 Å². The van der Waals surface area contributed by atoms with E-state index in [2.05, 4.69) is 5.32 Å². The topological polar surface area (TPSA) is 52.7 Å². The van der Waals surface area contributed by atoms with Gasteiger partial charge in [0.05, 0.1) is 0 Å². The average Bonchev–Trinajstić information content (AvgIpc) is 2.45. The Labute approximate surface area is 126 Å². The van der Waals surface area contributed by atoms with E-state index in [0.717, 1.165) is 17.8 Å². The maximum absolute atomic E-state index is 11.8. The summed E-state index contributed by atoms with van der Waals surface area (Å²) in [7, 11) is 3.94. The summed E-state index contributed by atoms with van der Waals surface area (Å²) < 4.78 is 0. The van der Waals surface area contributed by atoms with Crippen molar-refractivity contribution in [3.63, 3.8) is 0 Å². The van der Waals surface area contributed by atoms with Crippen LogP contribution in [0.25, 0.3) is 0 Å². The van der Waals surface area contributed by atoms with Crippen LogP contribution in [0.2, 0.25) is 0 Å². The lowest BCUT2D eigenvalue weighted by molar-refractivity contribution is -0.121. The predicted molar refractivity (Wildman–Crippen MR) is 86.7 cm³/mol. The van der Waals surface area contributed by atoms with Crippen molar-refractivity contribution in [1.29, 1.82) is 0 Å². The summed E-state index contributed by atoms with van der Waals surface area (Å²) in [5.41, 5.74) is 1.89. The molecule has 0 aliphatic heterocycles. The third-order valence-electron chi connectivity index (χ3n) is 3.19. The number of amides is 2. The van der Waals surface area contributed by atoms with Crippen LogP contribution < -0.4 is 15.1 Å². The van der Waals surface area contributed by atoms with E-state index in [1.54, 1.807) is 4.90 Å². The maximum atomic E-state index is 11.8. The van der Waals surface area contributed by atoms with Crippen LogP contribution in [0.15, 0.2) is 24.3 Å². The number of benzene rings is 1. The van der Waals surface area contributed by atoms with Crippen molar-refractivity contribution in [1.82, 2.24) is 5.32 Å². The van der Waals surface area contributed by atoms with Crippen LogP contribution in [-0.4, -0.2) is 39.0 Å². The summed E-state index contributed by atoms with van der Waals surface area (Å²) >= 11 is 0. The summed E-state index contributed by atoms with van der Waals surface area (Å²) in [6.45, 7) is 4.60. The number of nitrogens with zero attached hydrogens (tertiary/aromatic N) is 2. The van der Waals surface area contributed by atoms with Gasteiger partial charge in [-0.2, -0.15) is 0 Å². The Kier molecular flexibility index (Phi) is 6.72. The van der Waals surface area contributed by atoms with Crippen molar-refractivity contribution < 1.29 is 9.59 Å². The fourth-order valence-corrected chi connectivity index (χ4v) is 1.97. The Morgan fingerprint density at radius 1 is 1.10 bits per heavy atom. The zero-order valence-electron chi connectivity index (χ0n) is 13.3. The van der Waals surface area contributed by atoms with Crippen LogP contribution in [-0.2, 0) is 9.59 Å². The number of carbonyl (C=O) groups excluding carboxylic acids is 2. The zero-order valence-corrected chi connectivity index (χ0v) is 13.3. The smallest absolute Gasteiger partial charge is 0.223 e. The van der Waals surface area contributed by atoms with Crippen LogP contribution in [0.3, 0.4) is 0 Å². The molecule has 0 fully saturated rings. The van der Waals surface area contributed by atoms with Crippen molar-refractivity contribution in [2.75, 3.05) is 37.0 Å². The molecule has 2 amide bonds. The molecule has 1 rings (SSSR count). The summed E-state index contributed by atoms with van der Waals surface area (Å²) in [6, 6.07) is 7.73. The van der Waals surface area contributed by atoms with E-state index in [9.17, 15) is 9.59 Å². The van der Waals surface area contributed by atoms with Crippen molar-refractivity contribution in [2.24, 2.45) is 0 Å². The fraction of sp³-hybridized carbons (Fsp3) is 0.500. The summed E-state index contributed by atoms with van der Waals surface area (Å²) in [5.74, 6) is -0.0797. The van der Waals surface area contributed by atoms with Gasteiger partial charge in [0.15, 0.2) is 0 Å².